The van der Waals surface area contributed by atoms with Crippen LogP contribution in [0, 0.1) is 0 Å². The van der Waals surface area contributed by atoms with E-state index in [2.05, 4.69) is 6.58 Å². The summed E-state index contributed by atoms with van der Waals surface area (Å²) in [6.45, 7) is 2.14. The highest BCUT2D eigenvalue weighted by Gasteiger charge is 2.48. The number of benzene rings is 2. The molecule has 0 aliphatic carbocycles. The van der Waals surface area contributed by atoms with Gasteiger partial charge in [0.25, 0.3) is 5.91 Å². The lowest BCUT2D eigenvalue weighted by Crippen LogP contribution is -2.63. The summed E-state index contributed by atoms with van der Waals surface area (Å²) in [7, 11) is 1.13. The van der Waals surface area contributed by atoms with Gasteiger partial charge in [-0.2, -0.15) is 0 Å². The minimum absolute atomic E-state index is 0.0771. The van der Waals surface area contributed by atoms with Crippen molar-refractivity contribution in [1.29, 1.82) is 0 Å². The zero-order valence-electron chi connectivity index (χ0n) is 16.1. The number of carbonyl (C=O) groups is 3. The first-order chi connectivity index (χ1) is 14.0. The summed E-state index contributed by atoms with van der Waals surface area (Å²) in [4.78, 5) is 39.2. The fraction of sp³-hybridized carbons (Fsp3) is 0.227. The Bertz CT molecular complexity index is 852. The molecule has 0 aromatic heterocycles. The van der Waals surface area contributed by atoms with Gasteiger partial charge in [-0.25, -0.2) is 9.59 Å². The van der Waals surface area contributed by atoms with Crippen LogP contribution in [0.1, 0.15) is 20.7 Å². The molecule has 2 aromatic carbocycles. The van der Waals surface area contributed by atoms with E-state index in [4.69, 9.17) is 9.47 Å². The van der Waals surface area contributed by atoms with Gasteiger partial charge in [0, 0.05) is 12.1 Å². The molecule has 152 valence electrons. The van der Waals surface area contributed by atoms with Gasteiger partial charge in [0.15, 0.2) is 5.54 Å². The van der Waals surface area contributed by atoms with Gasteiger partial charge < -0.3 is 19.5 Å². The maximum Gasteiger partial charge on any atom is 0.338 e. The molecule has 0 saturated carbocycles. The van der Waals surface area contributed by atoms with E-state index in [0.29, 0.717) is 5.56 Å². The quantitative estimate of drug-likeness (QED) is 0.514. The van der Waals surface area contributed by atoms with Crippen molar-refractivity contribution < 1.29 is 29.0 Å². The average molecular weight is 397 g/mol. The maximum atomic E-state index is 13.1. The predicted molar refractivity (Wildman–Crippen MR) is 106 cm³/mol. The highest BCUT2D eigenvalue weighted by Crippen LogP contribution is 2.22. The van der Waals surface area contributed by atoms with Crippen LogP contribution in [0.15, 0.2) is 73.3 Å². The lowest BCUT2D eigenvalue weighted by Gasteiger charge is -2.39. The van der Waals surface area contributed by atoms with E-state index < -0.39 is 36.6 Å². The molecule has 1 amide bonds. The molecule has 0 aliphatic heterocycles. The van der Waals surface area contributed by atoms with Crippen molar-refractivity contribution in [3.8, 4) is 0 Å². The molecule has 0 fully saturated rings. The normalized spacial score (nSPS) is 12.3. The number of aliphatic hydroxyl groups excluding tert-OH is 1. The van der Waals surface area contributed by atoms with Crippen molar-refractivity contribution in [2.45, 2.75) is 5.54 Å². The molecule has 0 heterocycles. The number of amides is 1. The van der Waals surface area contributed by atoms with Crippen LogP contribution in [-0.4, -0.2) is 60.3 Å². The summed E-state index contributed by atoms with van der Waals surface area (Å²) in [5.74, 6) is -2.15. The number of ether oxygens (including phenoxy) is 2. The zero-order chi connectivity index (χ0) is 21.3. The third kappa shape index (κ3) is 4.89. The number of aliphatic hydroxyl groups is 1. The highest BCUT2D eigenvalue weighted by molar-refractivity contribution is 5.98. The van der Waals surface area contributed by atoms with E-state index in [1.54, 1.807) is 60.7 Å². The first-order valence-corrected chi connectivity index (χ1v) is 8.89. The second kappa shape index (κ2) is 10.2. The van der Waals surface area contributed by atoms with E-state index in [9.17, 15) is 19.5 Å². The summed E-state index contributed by atoms with van der Waals surface area (Å²) in [6.07, 6.45) is 1.41. The van der Waals surface area contributed by atoms with E-state index in [-0.39, 0.29) is 12.1 Å². The molecule has 29 heavy (non-hydrogen) atoms. The summed E-state index contributed by atoms with van der Waals surface area (Å²) < 4.78 is 10.1. The van der Waals surface area contributed by atoms with Crippen molar-refractivity contribution in [2.24, 2.45) is 0 Å². The summed E-state index contributed by atoms with van der Waals surface area (Å²) in [5, 5.41) is 10.1. The molecule has 1 N–H and O–H groups in total. The van der Waals surface area contributed by atoms with Crippen molar-refractivity contribution in [3.63, 3.8) is 0 Å². The number of nitrogens with zero attached hydrogens (tertiary/aromatic N) is 1. The molecular weight excluding hydrogens is 374 g/mol. The lowest BCUT2D eigenvalue weighted by atomic mass is 9.97. The van der Waals surface area contributed by atoms with Crippen LogP contribution < -0.4 is 0 Å². The van der Waals surface area contributed by atoms with Crippen molar-refractivity contribution >= 4 is 17.8 Å². The van der Waals surface area contributed by atoms with Gasteiger partial charge in [-0.05, 0) is 24.3 Å². The highest BCUT2D eigenvalue weighted by atomic mass is 16.6. The third-order valence-corrected chi connectivity index (χ3v) is 4.37. The van der Waals surface area contributed by atoms with Crippen LogP contribution in [0.2, 0.25) is 0 Å². The molecule has 0 saturated heterocycles. The molecule has 0 aliphatic rings. The topological polar surface area (TPSA) is 93.1 Å². The molecule has 0 radical (unpaired) electrons. The van der Waals surface area contributed by atoms with Gasteiger partial charge in [0.05, 0.1) is 19.3 Å². The van der Waals surface area contributed by atoms with Gasteiger partial charge >= 0.3 is 11.9 Å². The van der Waals surface area contributed by atoms with Crippen LogP contribution >= 0.6 is 0 Å². The number of methoxy groups -OCH3 is 1. The second-order valence-corrected chi connectivity index (χ2v) is 6.19. The molecule has 2 rings (SSSR count). The van der Waals surface area contributed by atoms with Gasteiger partial charge in [-0.1, -0.05) is 42.5 Å². The zero-order valence-corrected chi connectivity index (χ0v) is 16.1. The van der Waals surface area contributed by atoms with E-state index in [1.807, 2.05) is 0 Å². The fourth-order valence-electron chi connectivity index (χ4n) is 2.79. The number of hydrogen-bond acceptors (Lipinski definition) is 6. The Morgan fingerprint density at radius 3 is 2.07 bits per heavy atom. The maximum absolute atomic E-state index is 13.1. The molecule has 1 atom stereocenters. The Kier molecular flexibility index (Phi) is 7.68. The minimum Gasteiger partial charge on any atom is -0.467 e. The number of hydrogen-bond donors (Lipinski definition) is 1. The van der Waals surface area contributed by atoms with Gasteiger partial charge in [0.2, 0.25) is 0 Å². The fourth-order valence-corrected chi connectivity index (χ4v) is 2.79. The molecule has 0 spiro atoms. The molecule has 2 aromatic rings. The molecule has 1 unspecified atom stereocenters. The van der Waals surface area contributed by atoms with Gasteiger partial charge in [-0.3, -0.25) is 4.79 Å². The molecular formula is C22H23NO6. The Morgan fingerprint density at radius 1 is 1.03 bits per heavy atom. The molecule has 7 heteroatoms. The largest absolute Gasteiger partial charge is 0.467 e. The Morgan fingerprint density at radius 2 is 1.59 bits per heavy atom. The summed E-state index contributed by atoms with van der Waals surface area (Å²) >= 11 is 0. The predicted octanol–water partition coefficient (Wildman–Crippen LogP) is 2.08. The van der Waals surface area contributed by atoms with Crippen LogP contribution in [0.4, 0.5) is 0 Å². The van der Waals surface area contributed by atoms with Crippen LogP contribution in [-0.2, 0) is 14.3 Å². The van der Waals surface area contributed by atoms with Crippen LogP contribution in [0.3, 0.4) is 0 Å². The van der Waals surface area contributed by atoms with Crippen molar-refractivity contribution in [1.82, 2.24) is 4.90 Å². The Balaban J connectivity index is 2.39. The average Bonchev–Trinajstić information content (AvgIpc) is 2.79. The molecule has 7 nitrogen and oxygen atoms in total. The van der Waals surface area contributed by atoms with Crippen LogP contribution in [0.25, 0.3) is 0 Å². The second-order valence-electron chi connectivity index (χ2n) is 6.19. The standard InChI is InChI=1S/C22H23NO6/c1-3-14-23(19(25)17-10-6-4-7-11-17)22(15-24,21(27)28-2)16-29-20(26)18-12-8-5-9-13-18/h3-13,24H,1,14-16H2,2H3. The Labute approximate surface area is 169 Å². The van der Waals surface area contributed by atoms with Gasteiger partial charge in [0.1, 0.15) is 6.61 Å². The van der Waals surface area contributed by atoms with Crippen molar-refractivity contribution in [3.05, 3.63) is 84.4 Å². The van der Waals surface area contributed by atoms with E-state index in [0.717, 1.165) is 12.0 Å². The number of carbonyl (C=O) groups excluding carboxylic acids is 3. The number of rotatable bonds is 9. The van der Waals surface area contributed by atoms with Crippen molar-refractivity contribution in [2.75, 3.05) is 26.9 Å². The minimum atomic E-state index is -1.93. The SMILES string of the molecule is C=CCN(C(=O)c1ccccc1)C(CO)(COC(=O)c1ccccc1)C(=O)OC. The first-order valence-electron chi connectivity index (χ1n) is 8.89. The number of esters is 2. The van der Waals surface area contributed by atoms with E-state index >= 15 is 0 Å². The molecule has 0 bridgehead atoms. The smallest absolute Gasteiger partial charge is 0.338 e. The van der Waals surface area contributed by atoms with Gasteiger partial charge in [-0.15, -0.1) is 6.58 Å². The van der Waals surface area contributed by atoms with E-state index in [1.165, 1.54) is 6.08 Å². The van der Waals surface area contributed by atoms with Crippen LogP contribution in [0.5, 0.6) is 0 Å². The monoisotopic (exact) mass is 397 g/mol. The first kappa shape index (κ1) is 21.8. The lowest BCUT2D eigenvalue weighted by molar-refractivity contribution is -0.159. The summed E-state index contributed by atoms with van der Waals surface area (Å²) in [6, 6.07) is 16.4. The summed E-state index contributed by atoms with van der Waals surface area (Å²) in [5.41, 5.74) is -1.36. The Hall–Kier alpha value is -3.45. The third-order valence-electron chi connectivity index (χ3n) is 4.37.